The molecule has 5 nitrogen and oxygen atoms in total. The van der Waals surface area contributed by atoms with E-state index in [2.05, 4.69) is 10.4 Å². The molecule has 0 bridgehead atoms. The van der Waals surface area contributed by atoms with Crippen molar-refractivity contribution in [1.29, 1.82) is 0 Å². The molecule has 0 aliphatic heterocycles. The zero-order chi connectivity index (χ0) is 18.0. The molecular weight excluding hydrogens is 314 g/mol. The Bertz CT molecular complexity index is 911. The van der Waals surface area contributed by atoms with Crippen molar-refractivity contribution in [2.45, 2.75) is 27.2 Å². The maximum atomic E-state index is 12.7. The van der Waals surface area contributed by atoms with Crippen molar-refractivity contribution in [2.75, 3.05) is 5.32 Å². The molecule has 3 aromatic rings. The Hall–Kier alpha value is -3.08. The average molecular weight is 335 g/mol. The van der Waals surface area contributed by atoms with Gasteiger partial charge in [-0.15, -0.1) is 0 Å². The first-order valence-electron chi connectivity index (χ1n) is 8.24. The van der Waals surface area contributed by atoms with Crippen LogP contribution in [0.4, 0.5) is 5.69 Å². The van der Waals surface area contributed by atoms with Crippen molar-refractivity contribution in [2.24, 2.45) is 0 Å². The highest BCUT2D eigenvalue weighted by Crippen LogP contribution is 2.25. The molecule has 0 saturated carbocycles. The number of nitrogens with one attached hydrogen (secondary N) is 1. The van der Waals surface area contributed by atoms with Gasteiger partial charge in [-0.1, -0.05) is 30.7 Å². The Kier molecular flexibility index (Phi) is 4.57. The van der Waals surface area contributed by atoms with Crippen molar-refractivity contribution < 1.29 is 9.90 Å². The summed E-state index contributed by atoms with van der Waals surface area (Å²) >= 11 is 0. The Morgan fingerprint density at radius 3 is 2.48 bits per heavy atom. The van der Waals surface area contributed by atoms with Gasteiger partial charge in [-0.05, 0) is 50.1 Å². The van der Waals surface area contributed by atoms with Crippen molar-refractivity contribution in [3.05, 3.63) is 71.0 Å². The lowest BCUT2D eigenvalue weighted by Crippen LogP contribution is -2.14. The summed E-state index contributed by atoms with van der Waals surface area (Å²) in [6.45, 7) is 5.92. The van der Waals surface area contributed by atoms with Crippen LogP contribution in [0.5, 0.6) is 5.75 Å². The fourth-order valence-corrected chi connectivity index (χ4v) is 2.75. The van der Waals surface area contributed by atoms with Crippen LogP contribution in [0.3, 0.4) is 0 Å². The molecule has 1 aromatic heterocycles. The van der Waals surface area contributed by atoms with E-state index in [0.717, 1.165) is 16.9 Å². The second kappa shape index (κ2) is 6.81. The molecule has 0 atom stereocenters. The molecule has 0 radical (unpaired) electrons. The maximum absolute atomic E-state index is 12.7. The highest BCUT2D eigenvalue weighted by molar-refractivity contribution is 6.05. The lowest BCUT2D eigenvalue weighted by atomic mass is 10.1. The first-order chi connectivity index (χ1) is 12.0. The van der Waals surface area contributed by atoms with Crippen molar-refractivity contribution in [3.8, 4) is 11.4 Å². The van der Waals surface area contributed by atoms with Gasteiger partial charge in [-0.2, -0.15) is 5.10 Å². The van der Waals surface area contributed by atoms with E-state index in [-0.39, 0.29) is 11.7 Å². The monoisotopic (exact) mass is 335 g/mol. The SMILES string of the molecule is CCc1c(C(=O)Nc2cc(C)ccc2O)cnn1-c1ccc(C)cc1. The molecule has 0 aliphatic rings. The number of benzene rings is 2. The summed E-state index contributed by atoms with van der Waals surface area (Å²) < 4.78 is 1.78. The summed E-state index contributed by atoms with van der Waals surface area (Å²) in [7, 11) is 0. The van der Waals surface area contributed by atoms with Crippen LogP contribution in [0.15, 0.2) is 48.7 Å². The first-order valence-corrected chi connectivity index (χ1v) is 8.24. The van der Waals surface area contributed by atoms with Crippen LogP contribution in [-0.4, -0.2) is 20.8 Å². The number of phenols is 1. The Labute approximate surface area is 146 Å². The van der Waals surface area contributed by atoms with Gasteiger partial charge in [-0.3, -0.25) is 4.79 Å². The average Bonchev–Trinajstić information content (AvgIpc) is 3.03. The second-order valence-corrected chi connectivity index (χ2v) is 6.08. The van der Waals surface area contributed by atoms with Crippen molar-refractivity contribution in [1.82, 2.24) is 9.78 Å². The highest BCUT2D eigenvalue weighted by Gasteiger charge is 2.18. The third-order valence-corrected chi connectivity index (χ3v) is 4.13. The minimum absolute atomic E-state index is 0.0444. The van der Waals surface area contributed by atoms with Gasteiger partial charge in [0.15, 0.2) is 0 Å². The Morgan fingerprint density at radius 1 is 1.12 bits per heavy atom. The van der Waals surface area contributed by atoms with E-state index >= 15 is 0 Å². The molecule has 0 aliphatic carbocycles. The number of aryl methyl sites for hydroxylation is 2. The van der Waals surface area contributed by atoms with Gasteiger partial charge in [0.1, 0.15) is 5.75 Å². The third-order valence-electron chi connectivity index (χ3n) is 4.13. The standard InChI is InChI=1S/C20H21N3O2/c1-4-18-16(12-21-23(18)15-8-5-13(2)6-9-15)20(25)22-17-11-14(3)7-10-19(17)24/h5-12,24H,4H2,1-3H3,(H,22,25). The molecular formula is C20H21N3O2. The predicted octanol–water partition coefficient (Wildman–Crippen LogP) is 4.01. The quantitative estimate of drug-likeness (QED) is 0.708. The van der Waals surface area contributed by atoms with E-state index in [1.54, 1.807) is 29.1 Å². The van der Waals surface area contributed by atoms with Gasteiger partial charge in [0, 0.05) is 0 Å². The van der Waals surface area contributed by atoms with Crippen molar-refractivity contribution >= 4 is 11.6 Å². The van der Waals surface area contributed by atoms with Crippen LogP contribution in [0, 0.1) is 13.8 Å². The molecule has 0 spiro atoms. The molecule has 1 heterocycles. The number of hydrogen-bond acceptors (Lipinski definition) is 3. The van der Waals surface area contributed by atoms with Gasteiger partial charge >= 0.3 is 0 Å². The molecule has 5 heteroatoms. The third kappa shape index (κ3) is 3.40. The highest BCUT2D eigenvalue weighted by atomic mass is 16.3. The lowest BCUT2D eigenvalue weighted by Gasteiger charge is -2.10. The Balaban J connectivity index is 1.93. The zero-order valence-electron chi connectivity index (χ0n) is 14.6. The van der Waals surface area contributed by atoms with Crippen LogP contribution < -0.4 is 5.32 Å². The summed E-state index contributed by atoms with van der Waals surface area (Å²) in [6.07, 6.45) is 2.23. The minimum atomic E-state index is -0.281. The van der Waals surface area contributed by atoms with Crippen LogP contribution in [-0.2, 0) is 6.42 Å². The molecule has 2 aromatic carbocycles. The van der Waals surface area contributed by atoms with Gasteiger partial charge < -0.3 is 10.4 Å². The molecule has 128 valence electrons. The number of rotatable bonds is 4. The summed E-state index contributed by atoms with van der Waals surface area (Å²) in [5, 5.41) is 17.1. The molecule has 0 fully saturated rings. The topological polar surface area (TPSA) is 67.2 Å². The summed E-state index contributed by atoms with van der Waals surface area (Å²) in [4.78, 5) is 12.7. The number of aromatic hydroxyl groups is 1. The lowest BCUT2D eigenvalue weighted by molar-refractivity contribution is 0.102. The Morgan fingerprint density at radius 2 is 1.80 bits per heavy atom. The fraction of sp³-hybridized carbons (Fsp3) is 0.200. The van der Waals surface area contributed by atoms with Gasteiger partial charge in [-0.25, -0.2) is 4.68 Å². The van der Waals surface area contributed by atoms with E-state index in [4.69, 9.17) is 0 Å². The van der Waals surface area contributed by atoms with Gasteiger partial charge in [0.25, 0.3) is 5.91 Å². The summed E-state index contributed by atoms with van der Waals surface area (Å²) in [5.41, 5.74) is 4.77. The number of carbonyl (C=O) groups excluding carboxylic acids is 1. The van der Waals surface area contributed by atoms with Crippen molar-refractivity contribution in [3.63, 3.8) is 0 Å². The molecule has 25 heavy (non-hydrogen) atoms. The number of phenolic OH excluding ortho intramolecular Hbond substituents is 1. The molecule has 2 N–H and O–H groups in total. The van der Waals surface area contributed by atoms with E-state index in [1.807, 2.05) is 45.0 Å². The largest absolute Gasteiger partial charge is 0.506 e. The zero-order valence-corrected chi connectivity index (χ0v) is 14.6. The van der Waals surface area contributed by atoms with E-state index in [0.29, 0.717) is 17.7 Å². The number of nitrogens with zero attached hydrogens (tertiary/aromatic N) is 2. The molecule has 1 amide bonds. The van der Waals surface area contributed by atoms with Crippen LogP contribution in [0.2, 0.25) is 0 Å². The number of amides is 1. The number of anilines is 1. The smallest absolute Gasteiger partial charge is 0.259 e. The first kappa shape index (κ1) is 16.8. The van der Waals surface area contributed by atoms with Gasteiger partial charge in [0.05, 0.1) is 28.8 Å². The molecule has 0 saturated heterocycles. The minimum Gasteiger partial charge on any atom is -0.506 e. The predicted molar refractivity (Wildman–Crippen MR) is 98.5 cm³/mol. The molecule has 0 unspecified atom stereocenters. The molecule has 3 rings (SSSR count). The second-order valence-electron chi connectivity index (χ2n) is 6.08. The van der Waals surface area contributed by atoms with Gasteiger partial charge in [0.2, 0.25) is 0 Å². The van der Waals surface area contributed by atoms with E-state index in [1.165, 1.54) is 5.56 Å². The van der Waals surface area contributed by atoms with Crippen LogP contribution in [0.1, 0.15) is 34.1 Å². The van der Waals surface area contributed by atoms with Crippen LogP contribution in [0.25, 0.3) is 5.69 Å². The maximum Gasteiger partial charge on any atom is 0.259 e. The fourth-order valence-electron chi connectivity index (χ4n) is 2.75. The summed E-state index contributed by atoms with van der Waals surface area (Å²) in [6, 6.07) is 13.1. The van der Waals surface area contributed by atoms with Crippen LogP contribution >= 0.6 is 0 Å². The number of aromatic nitrogens is 2. The van der Waals surface area contributed by atoms with E-state index in [9.17, 15) is 9.90 Å². The normalized spacial score (nSPS) is 10.7. The van der Waals surface area contributed by atoms with E-state index < -0.39 is 0 Å². The number of hydrogen-bond donors (Lipinski definition) is 2. The summed E-state index contributed by atoms with van der Waals surface area (Å²) in [5.74, 6) is -0.237. The number of carbonyl (C=O) groups is 1.